The third-order valence-corrected chi connectivity index (χ3v) is 4.17. The van der Waals surface area contributed by atoms with Gasteiger partial charge in [0.1, 0.15) is 12.5 Å². The zero-order valence-electron chi connectivity index (χ0n) is 13.7. The molecule has 1 aliphatic heterocycles. The summed E-state index contributed by atoms with van der Waals surface area (Å²) in [4.78, 5) is 12.3. The lowest BCUT2D eigenvalue weighted by Crippen LogP contribution is -2.39. The highest BCUT2D eigenvalue weighted by molar-refractivity contribution is 5.92. The van der Waals surface area contributed by atoms with E-state index in [9.17, 15) is 4.79 Å². The molecule has 24 heavy (non-hydrogen) atoms. The number of nitrogens with one attached hydrogen (secondary N) is 1. The van der Waals surface area contributed by atoms with Crippen LogP contribution in [-0.2, 0) is 9.47 Å². The van der Waals surface area contributed by atoms with Crippen molar-refractivity contribution in [2.75, 3.05) is 13.2 Å². The van der Waals surface area contributed by atoms with E-state index in [0.29, 0.717) is 18.9 Å². The number of nitrogens with zero attached hydrogens (tertiary/aromatic N) is 1. The zero-order valence-corrected chi connectivity index (χ0v) is 13.7. The maximum atomic E-state index is 12.3. The summed E-state index contributed by atoms with van der Waals surface area (Å²) in [5.74, 6) is 0.0866. The average molecular weight is 330 g/mol. The summed E-state index contributed by atoms with van der Waals surface area (Å²) in [7, 11) is 0. The van der Waals surface area contributed by atoms with E-state index in [-0.39, 0.29) is 17.7 Å². The van der Waals surface area contributed by atoms with Crippen LogP contribution in [0.2, 0.25) is 0 Å². The number of ether oxygens (including phenoxy) is 2. The van der Waals surface area contributed by atoms with Gasteiger partial charge in [-0.25, -0.2) is 0 Å². The van der Waals surface area contributed by atoms with Crippen LogP contribution in [0.15, 0.2) is 47.2 Å². The van der Waals surface area contributed by atoms with Gasteiger partial charge in [-0.15, -0.1) is 0 Å². The molecule has 1 aromatic heterocycles. The monoisotopic (exact) mass is 330 g/mol. The van der Waals surface area contributed by atoms with Crippen LogP contribution < -0.4 is 5.32 Å². The Morgan fingerprint density at radius 1 is 1.38 bits per heavy atom. The lowest BCUT2D eigenvalue weighted by atomic mass is 10.0. The van der Waals surface area contributed by atoms with Crippen molar-refractivity contribution in [1.82, 2.24) is 10.5 Å². The third-order valence-electron chi connectivity index (χ3n) is 4.17. The van der Waals surface area contributed by atoms with E-state index in [0.717, 1.165) is 18.6 Å². The van der Waals surface area contributed by atoms with Crippen molar-refractivity contribution in [3.05, 3.63) is 53.9 Å². The fourth-order valence-corrected chi connectivity index (χ4v) is 2.82. The van der Waals surface area contributed by atoms with Crippen LogP contribution in [0.3, 0.4) is 0 Å². The van der Waals surface area contributed by atoms with Crippen molar-refractivity contribution < 1.29 is 18.8 Å². The molecule has 1 N–H and O–H groups in total. The molecule has 128 valence electrons. The van der Waals surface area contributed by atoms with Crippen LogP contribution in [0, 0.1) is 5.92 Å². The van der Waals surface area contributed by atoms with E-state index < -0.39 is 6.23 Å². The number of amides is 1. The molecule has 1 aromatic carbocycles. The topological polar surface area (TPSA) is 73.6 Å². The first-order chi connectivity index (χ1) is 11.7. The van der Waals surface area contributed by atoms with Gasteiger partial charge in [-0.3, -0.25) is 4.79 Å². The molecule has 3 atom stereocenters. The van der Waals surface area contributed by atoms with Gasteiger partial charge in [0.05, 0.1) is 6.10 Å². The normalized spacial score (nSPS) is 19.8. The van der Waals surface area contributed by atoms with Crippen molar-refractivity contribution in [3.8, 4) is 0 Å². The van der Waals surface area contributed by atoms with Gasteiger partial charge in [0.25, 0.3) is 5.91 Å². The first kappa shape index (κ1) is 16.7. The van der Waals surface area contributed by atoms with E-state index in [4.69, 9.17) is 14.0 Å². The minimum atomic E-state index is -0.406. The summed E-state index contributed by atoms with van der Waals surface area (Å²) in [6, 6.07) is 11.5. The largest absolute Gasteiger partial charge is 0.381 e. The number of carbonyl (C=O) groups excluding carboxylic acids is 1. The predicted octanol–water partition coefficient (Wildman–Crippen LogP) is 2.93. The molecule has 0 spiro atoms. The SMILES string of the molecule is CC(OC(CC1CCOC1)NC(=O)c1ccon1)c1ccccc1. The molecule has 6 heteroatoms. The molecule has 0 radical (unpaired) electrons. The van der Waals surface area contributed by atoms with E-state index in [2.05, 4.69) is 10.5 Å². The lowest BCUT2D eigenvalue weighted by molar-refractivity contribution is -0.0317. The van der Waals surface area contributed by atoms with Crippen molar-refractivity contribution in [2.45, 2.75) is 32.1 Å². The Balaban J connectivity index is 1.65. The predicted molar refractivity (Wildman–Crippen MR) is 87.2 cm³/mol. The molecular formula is C18H22N2O4. The molecule has 0 aliphatic carbocycles. The van der Waals surface area contributed by atoms with Crippen LogP contribution in [0.5, 0.6) is 0 Å². The lowest BCUT2D eigenvalue weighted by Gasteiger charge is -2.25. The highest BCUT2D eigenvalue weighted by Gasteiger charge is 2.25. The van der Waals surface area contributed by atoms with Gasteiger partial charge in [0.2, 0.25) is 0 Å². The average Bonchev–Trinajstić information content (AvgIpc) is 3.29. The minimum absolute atomic E-state index is 0.129. The Hall–Kier alpha value is -2.18. The smallest absolute Gasteiger partial charge is 0.275 e. The molecular weight excluding hydrogens is 308 g/mol. The van der Waals surface area contributed by atoms with Gasteiger partial charge >= 0.3 is 0 Å². The molecule has 0 bridgehead atoms. The second-order valence-corrected chi connectivity index (χ2v) is 6.00. The van der Waals surface area contributed by atoms with Gasteiger partial charge in [-0.1, -0.05) is 35.5 Å². The highest BCUT2D eigenvalue weighted by Crippen LogP contribution is 2.23. The van der Waals surface area contributed by atoms with Crippen molar-refractivity contribution in [2.24, 2.45) is 5.92 Å². The van der Waals surface area contributed by atoms with Crippen molar-refractivity contribution >= 4 is 5.91 Å². The zero-order chi connectivity index (χ0) is 16.8. The first-order valence-corrected chi connectivity index (χ1v) is 8.22. The van der Waals surface area contributed by atoms with E-state index in [1.165, 1.54) is 12.3 Å². The maximum Gasteiger partial charge on any atom is 0.275 e. The number of benzene rings is 1. The van der Waals surface area contributed by atoms with Crippen molar-refractivity contribution in [3.63, 3.8) is 0 Å². The maximum absolute atomic E-state index is 12.3. The van der Waals surface area contributed by atoms with E-state index >= 15 is 0 Å². The number of carbonyl (C=O) groups is 1. The molecule has 3 rings (SSSR count). The van der Waals surface area contributed by atoms with Crippen molar-refractivity contribution in [1.29, 1.82) is 0 Å². The molecule has 2 aromatic rings. The Kier molecular flexibility index (Phi) is 5.61. The summed E-state index contributed by atoms with van der Waals surface area (Å²) < 4.78 is 16.3. The van der Waals surface area contributed by atoms with Gasteiger partial charge in [-0.2, -0.15) is 0 Å². The molecule has 6 nitrogen and oxygen atoms in total. The van der Waals surface area contributed by atoms with Gasteiger partial charge < -0.3 is 19.3 Å². The molecule has 1 amide bonds. The third kappa shape index (κ3) is 4.43. The summed E-state index contributed by atoms with van der Waals surface area (Å²) >= 11 is 0. The minimum Gasteiger partial charge on any atom is -0.381 e. The van der Waals surface area contributed by atoms with Crippen LogP contribution in [0.25, 0.3) is 0 Å². The van der Waals surface area contributed by atoms with E-state index in [1.807, 2.05) is 37.3 Å². The Morgan fingerprint density at radius 2 is 2.21 bits per heavy atom. The molecule has 1 saturated heterocycles. The molecule has 3 unspecified atom stereocenters. The molecule has 0 saturated carbocycles. The second-order valence-electron chi connectivity index (χ2n) is 6.00. The number of hydrogen-bond donors (Lipinski definition) is 1. The first-order valence-electron chi connectivity index (χ1n) is 8.22. The van der Waals surface area contributed by atoms with E-state index in [1.54, 1.807) is 0 Å². The molecule has 2 heterocycles. The van der Waals surface area contributed by atoms with Gasteiger partial charge in [0.15, 0.2) is 5.69 Å². The van der Waals surface area contributed by atoms with Crippen LogP contribution in [0.1, 0.15) is 41.9 Å². The number of hydrogen-bond acceptors (Lipinski definition) is 5. The quantitative estimate of drug-likeness (QED) is 0.790. The summed E-state index contributed by atoms with van der Waals surface area (Å²) in [5, 5.41) is 6.58. The Bertz CT molecular complexity index is 624. The second kappa shape index (κ2) is 8.08. The van der Waals surface area contributed by atoms with Gasteiger partial charge in [0, 0.05) is 19.3 Å². The fourth-order valence-electron chi connectivity index (χ4n) is 2.82. The highest BCUT2D eigenvalue weighted by atomic mass is 16.5. The van der Waals surface area contributed by atoms with Crippen LogP contribution >= 0.6 is 0 Å². The standard InChI is InChI=1S/C18H22N2O4/c1-13(15-5-3-2-4-6-15)24-17(11-14-7-9-22-12-14)19-18(21)16-8-10-23-20-16/h2-6,8,10,13-14,17H,7,9,11-12H2,1H3,(H,19,21). The van der Waals surface area contributed by atoms with Gasteiger partial charge in [-0.05, 0) is 31.2 Å². The Morgan fingerprint density at radius 3 is 2.88 bits per heavy atom. The summed E-state index contributed by atoms with van der Waals surface area (Å²) in [6.45, 7) is 3.46. The van der Waals surface area contributed by atoms with Crippen LogP contribution in [0.4, 0.5) is 0 Å². The number of rotatable bonds is 7. The summed E-state index contributed by atoms with van der Waals surface area (Å²) in [5.41, 5.74) is 1.32. The molecule has 1 fully saturated rings. The number of aromatic nitrogens is 1. The Labute approximate surface area is 141 Å². The van der Waals surface area contributed by atoms with Crippen LogP contribution in [-0.4, -0.2) is 30.5 Å². The fraction of sp³-hybridized carbons (Fsp3) is 0.444. The summed E-state index contributed by atoms with van der Waals surface area (Å²) in [6.07, 6.45) is 2.54. The molecule has 1 aliphatic rings.